The molecule has 2 rings (SSSR count). The Morgan fingerprint density at radius 2 is 2.00 bits per heavy atom. The minimum Gasteiger partial charge on any atom is -0.481 e. The van der Waals surface area contributed by atoms with E-state index in [1.54, 1.807) is 0 Å². The van der Waals surface area contributed by atoms with Gasteiger partial charge in [0.2, 0.25) is 0 Å². The average molecular weight is 246 g/mol. The molecule has 3 heteroatoms. The van der Waals surface area contributed by atoms with Gasteiger partial charge in [-0.25, -0.2) is 0 Å². The summed E-state index contributed by atoms with van der Waals surface area (Å²) in [6.07, 6.45) is 3.92. The fourth-order valence-corrected chi connectivity index (χ4v) is 2.68. The van der Waals surface area contributed by atoms with Crippen LogP contribution in [0.4, 0.5) is 0 Å². The van der Waals surface area contributed by atoms with Gasteiger partial charge in [0.05, 0.1) is 0 Å². The summed E-state index contributed by atoms with van der Waals surface area (Å²) in [7, 11) is 0. The number of ketones is 1. The zero-order chi connectivity index (χ0) is 13.0. The highest BCUT2D eigenvalue weighted by Crippen LogP contribution is 2.33. The van der Waals surface area contributed by atoms with Crippen molar-refractivity contribution < 1.29 is 14.7 Å². The zero-order valence-corrected chi connectivity index (χ0v) is 10.4. The molecule has 0 saturated carbocycles. The molecule has 18 heavy (non-hydrogen) atoms. The number of aryl methyl sites for hydroxylation is 1. The summed E-state index contributed by atoms with van der Waals surface area (Å²) in [5.74, 6) is -0.640. The van der Waals surface area contributed by atoms with Crippen LogP contribution in [0.5, 0.6) is 0 Å². The number of carbonyl (C=O) groups excluding carboxylic acids is 1. The highest BCUT2D eigenvalue weighted by atomic mass is 16.4. The second kappa shape index (κ2) is 5.80. The fourth-order valence-electron chi connectivity index (χ4n) is 2.68. The van der Waals surface area contributed by atoms with Crippen molar-refractivity contribution in [2.24, 2.45) is 0 Å². The molecule has 0 spiro atoms. The molecule has 1 aromatic carbocycles. The molecule has 1 N–H and O–H groups in total. The summed E-state index contributed by atoms with van der Waals surface area (Å²) < 4.78 is 0. The largest absolute Gasteiger partial charge is 0.481 e. The number of rotatable bonds is 5. The standard InChI is InChI=1S/C15H18O3/c16-14(9-4-10-15(17)18)13-8-3-6-11-5-1-2-7-12(11)13/h1-2,5,7,13H,3-4,6,8-10H2,(H,17,18). The van der Waals surface area contributed by atoms with E-state index in [1.807, 2.05) is 18.2 Å². The van der Waals surface area contributed by atoms with Crippen LogP contribution >= 0.6 is 0 Å². The Hall–Kier alpha value is -1.64. The van der Waals surface area contributed by atoms with E-state index in [4.69, 9.17) is 5.11 Å². The third kappa shape index (κ3) is 2.97. The number of carboxylic acid groups (broad SMARTS) is 1. The van der Waals surface area contributed by atoms with Crippen LogP contribution in [0, 0.1) is 0 Å². The van der Waals surface area contributed by atoms with Gasteiger partial charge in [-0.15, -0.1) is 0 Å². The topological polar surface area (TPSA) is 54.4 Å². The van der Waals surface area contributed by atoms with Crippen molar-refractivity contribution in [3.05, 3.63) is 35.4 Å². The van der Waals surface area contributed by atoms with Crippen LogP contribution in [0.15, 0.2) is 24.3 Å². The van der Waals surface area contributed by atoms with Crippen LogP contribution < -0.4 is 0 Å². The number of hydrogen-bond donors (Lipinski definition) is 1. The van der Waals surface area contributed by atoms with Crippen molar-refractivity contribution in [2.75, 3.05) is 0 Å². The number of aliphatic carboxylic acids is 1. The van der Waals surface area contributed by atoms with Gasteiger partial charge in [0, 0.05) is 18.8 Å². The first-order valence-electron chi connectivity index (χ1n) is 6.51. The predicted octanol–water partition coefficient (Wildman–Crippen LogP) is 2.93. The molecule has 1 aliphatic carbocycles. The normalized spacial score (nSPS) is 18.1. The quantitative estimate of drug-likeness (QED) is 0.869. The van der Waals surface area contributed by atoms with E-state index in [0.29, 0.717) is 12.8 Å². The van der Waals surface area contributed by atoms with E-state index in [0.717, 1.165) is 24.8 Å². The first-order valence-corrected chi connectivity index (χ1v) is 6.51. The third-order valence-electron chi connectivity index (χ3n) is 3.57. The minimum absolute atomic E-state index is 0.0104. The van der Waals surface area contributed by atoms with Crippen molar-refractivity contribution in [1.82, 2.24) is 0 Å². The summed E-state index contributed by atoms with van der Waals surface area (Å²) in [5, 5.41) is 8.58. The molecule has 0 fully saturated rings. The van der Waals surface area contributed by atoms with Gasteiger partial charge >= 0.3 is 5.97 Å². The number of benzene rings is 1. The molecule has 0 amide bonds. The Morgan fingerprint density at radius 1 is 1.22 bits per heavy atom. The molecule has 0 aliphatic heterocycles. The minimum atomic E-state index is -0.827. The van der Waals surface area contributed by atoms with Gasteiger partial charge in [0.25, 0.3) is 0 Å². The summed E-state index contributed by atoms with van der Waals surface area (Å²) in [6.45, 7) is 0. The molecule has 0 heterocycles. The third-order valence-corrected chi connectivity index (χ3v) is 3.57. The monoisotopic (exact) mass is 246 g/mol. The summed E-state index contributed by atoms with van der Waals surface area (Å²) in [4.78, 5) is 22.6. The smallest absolute Gasteiger partial charge is 0.303 e. The molecule has 0 bridgehead atoms. The lowest BCUT2D eigenvalue weighted by atomic mass is 9.79. The van der Waals surface area contributed by atoms with Gasteiger partial charge in [-0.2, -0.15) is 0 Å². The maximum Gasteiger partial charge on any atom is 0.303 e. The molecule has 1 atom stereocenters. The fraction of sp³-hybridized carbons (Fsp3) is 0.467. The highest BCUT2D eigenvalue weighted by molar-refractivity contribution is 5.86. The molecule has 1 aromatic rings. The molecule has 1 aliphatic rings. The molecule has 0 saturated heterocycles. The van der Waals surface area contributed by atoms with E-state index < -0.39 is 5.97 Å². The van der Waals surface area contributed by atoms with Crippen molar-refractivity contribution in [3.8, 4) is 0 Å². The molecular formula is C15H18O3. The zero-order valence-electron chi connectivity index (χ0n) is 10.4. The van der Waals surface area contributed by atoms with Gasteiger partial charge in [-0.3, -0.25) is 9.59 Å². The van der Waals surface area contributed by atoms with Crippen molar-refractivity contribution in [3.63, 3.8) is 0 Å². The lowest BCUT2D eigenvalue weighted by Crippen LogP contribution is -2.18. The first kappa shape index (κ1) is 12.8. The van der Waals surface area contributed by atoms with Crippen molar-refractivity contribution in [2.45, 2.75) is 44.4 Å². The van der Waals surface area contributed by atoms with Gasteiger partial charge in [-0.1, -0.05) is 24.3 Å². The molecule has 1 unspecified atom stereocenters. The predicted molar refractivity (Wildman–Crippen MR) is 68.6 cm³/mol. The summed E-state index contributed by atoms with van der Waals surface area (Å²) >= 11 is 0. The van der Waals surface area contributed by atoms with Gasteiger partial charge in [-0.05, 0) is 36.8 Å². The van der Waals surface area contributed by atoms with Crippen LogP contribution in [0.2, 0.25) is 0 Å². The van der Waals surface area contributed by atoms with Crippen LogP contribution in [0.1, 0.15) is 49.1 Å². The Morgan fingerprint density at radius 3 is 2.78 bits per heavy atom. The Kier molecular flexibility index (Phi) is 4.13. The maximum absolute atomic E-state index is 12.1. The number of carboxylic acids is 1. The second-order valence-corrected chi connectivity index (χ2v) is 4.86. The van der Waals surface area contributed by atoms with Crippen LogP contribution in [-0.4, -0.2) is 16.9 Å². The van der Waals surface area contributed by atoms with Gasteiger partial charge in [0.1, 0.15) is 5.78 Å². The van der Waals surface area contributed by atoms with Crippen molar-refractivity contribution >= 4 is 11.8 Å². The average Bonchev–Trinajstić information content (AvgIpc) is 2.37. The van der Waals surface area contributed by atoms with Gasteiger partial charge < -0.3 is 5.11 Å². The van der Waals surface area contributed by atoms with E-state index in [2.05, 4.69) is 6.07 Å². The summed E-state index contributed by atoms with van der Waals surface area (Å²) in [6, 6.07) is 8.11. The molecular weight excluding hydrogens is 228 g/mol. The van der Waals surface area contributed by atoms with Crippen LogP contribution in [0.3, 0.4) is 0 Å². The Balaban J connectivity index is 2.01. The number of Topliss-reactive ketones (excluding diaryl/α,β-unsaturated/α-hetero) is 1. The first-order chi connectivity index (χ1) is 8.68. The Bertz CT molecular complexity index is 451. The SMILES string of the molecule is O=C(O)CCCC(=O)C1CCCc2ccccc21. The van der Waals surface area contributed by atoms with E-state index >= 15 is 0 Å². The van der Waals surface area contributed by atoms with Crippen molar-refractivity contribution in [1.29, 1.82) is 0 Å². The Labute approximate surface area is 107 Å². The van der Waals surface area contributed by atoms with E-state index in [-0.39, 0.29) is 18.1 Å². The van der Waals surface area contributed by atoms with Gasteiger partial charge in [0.15, 0.2) is 0 Å². The highest BCUT2D eigenvalue weighted by Gasteiger charge is 2.25. The van der Waals surface area contributed by atoms with Crippen LogP contribution in [0.25, 0.3) is 0 Å². The summed E-state index contributed by atoms with van der Waals surface area (Å²) in [5.41, 5.74) is 2.43. The molecule has 0 radical (unpaired) electrons. The lowest BCUT2D eigenvalue weighted by Gasteiger charge is -2.24. The molecule has 96 valence electrons. The lowest BCUT2D eigenvalue weighted by molar-refractivity contribution is -0.137. The van der Waals surface area contributed by atoms with E-state index in [1.165, 1.54) is 5.56 Å². The second-order valence-electron chi connectivity index (χ2n) is 4.86. The van der Waals surface area contributed by atoms with E-state index in [9.17, 15) is 9.59 Å². The number of carbonyl (C=O) groups is 2. The number of fused-ring (bicyclic) bond motifs is 1. The maximum atomic E-state index is 12.1. The number of hydrogen-bond acceptors (Lipinski definition) is 2. The molecule has 0 aromatic heterocycles. The molecule has 3 nitrogen and oxygen atoms in total. The van der Waals surface area contributed by atoms with Crippen LogP contribution in [-0.2, 0) is 16.0 Å².